The van der Waals surface area contributed by atoms with Crippen molar-refractivity contribution < 1.29 is 5.11 Å². The molecule has 90 valence electrons. The fraction of sp³-hybridized carbons (Fsp3) is 0.133. The number of benzene rings is 1. The minimum atomic E-state index is -0.998. The molecule has 0 radical (unpaired) electrons. The summed E-state index contributed by atoms with van der Waals surface area (Å²) in [6.07, 6.45) is 3.57. The molecule has 0 aliphatic carbocycles. The zero-order valence-corrected chi connectivity index (χ0v) is 10.8. The van der Waals surface area contributed by atoms with Crippen LogP contribution in [0.2, 0.25) is 0 Å². The number of fused-ring (bicyclic) bond motifs is 1. The summed E-state index contributed by atoms with van der Waals surface area (Å²) in [6, 6.07) is 11.9. The highest BCUT2D eigenvalue weighted by Crippen LogP contribution is 2.35. The van der Waals surface area contributed by atoms with Gasteiger partial charge in [0.05, 0.1) is 0 Å². The Bertz CT molecular complexity index is 669. The van der Waals surface area contributed by atoms with Crippen LogP contribution in [0.25, 0.3) is 10.8 Å². The van der Waals surface area contributed by atoms with E-state index in [2.05, 4.69) is 4.98 Å². The van der Waals surface area contributed by atoms with Crippen LogP contribution in [0.15, 0.2) is 54.2 Å². The fourth-order valence-corrected chi connectivity index (χ4v) is 2.99. The molecule has 3 aromatic rings. The maximum atomic E-state index is 10.8. The Kier molecular flexibility index (Phi) is 2.65. The number of hydrogen-bond acceptors (Lipinski definition) is 3. The highest BCUT2D eigenvalue weighted by molar-refractivity contribution is 7.10. The first-order valence-electron chi connectivity index (χ1n) is 5.79. The van der Waals surface area contributed by atoms with Crippen molar-refractivity contribution in [2.75, 3.05) is 0 Å². The average molecular weight is 255 g/mol. The second kappa shape index (κ2) is 4.19. The average Bonchev–Trinajstić information content (AvgIpc) is 2.92. The smallest absolute Gasteiger partial charge is 0.123 e. The van der Waals surface area contributed by atoms with E-state index >= 15 is 0 Å². The van der Waals surface area contributed by atoms with E-state index in [9.17, 15) is 5.11 Å². The quantitative estimate of drug-likeness (QED) is 0.759. The first kappa shape index (κ1) is 11.4. The van der Waals surface area contributed by atoms with Crippen LogP contribution in [0.3, 0.4) is 0 Å². The Hall–Kier alpha value is -1.71. The molecule has 1 aromatic carbocycles. The third kappa shape index (κ3) is 1.72. The van der Waals surface area contributed by atoms with Crippen molar-refractivity contribution in [2.45, 2.75) is 12.5 Å². The van der Waals surface area contributed by atoms with E-state index in [1.165, 1.54) is 0 Å². The molecule has 1 N–H and O–H groups in total. The van der Waals surface area contributed by atoms with Crippen LogP contribution in [0.5, 0.6) is 0 Å². The first-order valence-corrected chi connectivity index (χ1v) is 6.67. The third-order valence-corrected chi connectivity index (χ3v) is 4.27. The molecule has 0 spiro atoms. The number of pyridine rings is 1. The summed E-state index contributed by atoms with van der Waals surface area (Å²) < 4.78 is 0. The molecule has 0 fully saturated rings. The topological polar surface area (TPSA) is 33.1 Å². The summed E-state index contributed by atoms with van der Waals surface area (Å²) >= 11 is 1.56. The molecule has 2 nitrogen and oxygen atoms in total. The molecule has 1 atom stereocenters. The van der Waals surface area contributed by atoms with Crippen molar-refractivity contribution in [3.05, 3.63) is 64.6 Å². The van der Waals surface area contributed by atoms with Crippen molar-refractivity contribution in [3.63, 3.8) is 0 Å². The van der Waals surface area contributed by atoms with Crippen molar-refractivity contribution in [1.82, 2.24) is 4.98 Å². The Morgan fingerprint density at radius 2 is 1.94 bits per heavy atom. The van der Waals surface area contributed by atoms with Gasteiger partial charge >= 0.3 is 0 Å². The van der Waals surface area contributed by atoms with Crippen LogP contribution in [-0.4, -0.2) is 10.1 Å². The maximum absolute atomic E-state index is 10.8. The Morgan fingerprint density at radius 1 is 1.11 bits per heavy atom. The fourth-order valence-electron chi connectivity index (χ4n) is 2.19. The zero-order chi connectivity index (χ0) is 12.6. The lowest BCUT2D eigenvalue weighted by Crippen LogP contribution is -2.21. The lowest BCUT2D eigenvalue weighted by atomic mass is 9.91. The van der Waals surface area contributed by atoms with E-state index in [-0.39, 0.29) is 0 Å². The largest absolute Gasteiger partial charge is 0.380 e. The molecule has 3 rings (SSSR count). The highest BCUT2D eigenvalue weighted by atomic mass is 32.1. The standard InChI is InChI=1S/C15H13NOS/c1-15(17,14-7-4-8-18-14)13-10-16-9-11-5-2-3-6-12(11)13/h2-10,17H,1H3. The second-order valence-corrected chi connectivity index (χ2v) is 5.41. The van der Waals surface area contributed by atoms with E-state index in [1.807, 2.05) is 54.9 Å². The minimum absolute atomic E-state index is 0.850. The maximum Gasteiger partial charge on any atom is 0.123 e. The van der Waals surface area contributed by atoms with E-state index in [0.717, 1.165) is 21.2 Å². The number of nitrogens with zero attached hydrogens (tertiary/aromatic N) is 1. The first-order chi connectivity index (χ1) is 8.69. The van der Waals surface area contributed by atoms with Gasteiger partial charge in [0.15, 0.2) is 0 Å². The summed E-state index contributed by atoms with van der Waals surface area (Å²) in [4.78, 5) is 5.16. The van der Waals surface area contributed by atoms with Gasteiger partial charge in [-0.3, -0.25) is 4.98 Å². The zero-order valence-electron chi connectivity index (χ0n) is 10.00. The molecular weight excluding hydrogens is 242 g/mol. The van der Waals surface area contributed by atoms with Gasteiger partial charge in [-0.2, -0.15) is 0 Å². The van der Waals surface area contributed by atoms with Gasteiger partial charge < -0.3 is 5.11 Å². The number of rotatable bonds is 2. The molecule has 0 bridgehead atoms. The minimum Gasteiger partial charge on any atom is -0.380 e. The van der Waals surface area contributed by atoms with Gasteiger partial charge in [0.25, 0.3) is 0 Å². The molecule has 18 heavy (non-hydrogen) atoms. The van der Waals surface area contributed by atoms with Crippen molar-refractivity contribution in [2.24, 2.45) is 0 Å². The summed E-state index contributed by atoms with van der Waals surface area (Å²) in [6.45, 7) is 1.82. The van der Waals surface area contributed by atoms with Gasteiger partial charge in [-0.15, -0.1) is 11.3 Å². The predicted octanol–water partition coefficient (Wildman–Crippen LogP) is 3.55. The van der Waals surface area contributed by atoms with Gasteiger partial charge in [0, 0.05) is 28.2 Å². The molecule has 2 aromatic heterocycles. The van der Waals surface area contributed by atoms with E-state index < -0.39 is 5.60 Å². The van der Waals surface area contributed by atoms with E-state index in [1.54, 1.807) is 17.5 Å². The summed E-state index contributed by atoms with van der Waals surface area (Å²) in [5.74, 6) is 0. The highest BCUT2D eigenvalue weighted by Gasteiger charge is 2.28. The van der Waals surface area contributed by atoms with Crippen LogP contribution in [0, 0.1) is 0 Å². The summed E-state index contributed by atoms with van der Waals surface area (Å²) in [5, 5.41) is 14.9. The SMILES string of the molecule is CC(O)(c1cccs1)c1cncc2ccccc12. The van der Waals surface area contributed by atoms with Crippen LogP contribution >= 0.6 is 11.3 Å². The number of aliphatic hydroxyl groups is 1. The van der Waals surface area contributed by atoms with E-state index in [4.69, 9.17) is 0 Å². The molecule has 1 unspecified atom stereocenters. The van der Waals surface area contributed by atoms with Crippen LogP contribution in [-0.2, 0) is 5.60 Å². The molecule has 0 aliphatic heterocycles. The number of aromatic nitrogens is 1. The molecule has 0 amide bonds. The van der Waals surface area contributed by atoms with Gasteiger partial charge in [0.2, 0.25) is 0 Å². The Balaban J connectivity index is 2.26. The predicted molar refractivity (Wildman–Crippen MR) is 74.7 cm³/mol. The molecule has 0 aliphatic rings. The Morgan fingerprint density at radius 3 is 2.72 bits per heavy atom. The van der Waals surface area contributed by atoms with Crippen LogP contribution in [0.1, 0.15) is 17.4 Å². The van der Waals surface area contributed by atoms with Crippen LogP contribution in [0.4, 0.5) is 0 Å². The van der Waals surface area contributed by atoms with Gasteiger partial charge in [-0.25, -0.2) is 0 Å². The third-order valence-electron chi connectivity index (χ3n) is 3.19. The summed E-state index contributed by atoms with van der Waals surface area (Å²) in [7, 11) is 0. The molecule has 3 heteroatoms. The van der Waals surface area contributed by atoms with Crippen LogP contribution < -0.4 is 0 Å². The van der Waals surface area contributed by atoms with Crippen molar-refractivity contribution in [3.8, 4) is 0 Å². The second-order valence-electron chi connectivity index (χ2n) is 4.46. The number of hydrogen-bond donors (Lipinski definition) is 1. The number of thiophene rings is 1. The lowest BCUT2D eigenvalue weighted by Gasteiger charge is -2.23. The molecular formula is C15H13NOS. The van der Waals surface area contributed by atoms with Gasteiger partial charge in [-0.1, -0.05) is 30.3 Å². The summed E-state index contributed by atoms with van der Waals surface area (Å²) in [5.41, 5.74) is -0.148. The lowest BCUT2D eigenvalue weighted by molar-refractivity contribution is 0.107. The molecule has 0 saturated carbocycles. The monoisotopic (exact) mass is 255 g/mol. The molecule has 2 heterocycles. The normalized spacial score (nSPS) is 14.6. The van der Waals surface area contributed by atoms with E-state index in [0.29, 0.717) is 0 Å². The van der Waals surface area contributed by atoms with Crippen molar-refractivity contribution >= 4 is 22.1 Å². The van der Waals surface area contributed by atoms with Crippen molar-refractivity contribution in [1.29, 1.82) is 0 Å². The Labute approximate surface area is 110 Å². The van der Waals surface area contributed by atoms with Gasteiger partial charge in [-0.05, 0) is 23.8 Å². The van der Waals surface area contributed by atoms with Gasteiger partial charge in [0.1, 0.15) is 5.60 Å². The molecule has 0 saturated heterocycles.